The Morgan fingerprint density at radius 3 is 2.76 bits per heavy atom. The molecule has 3 rings (SSSR count). The molecule has 1 amide bonds. The minimum atomic E-state index is -0.136. The molecule has 0 spiro atoms. The zero-order chi connectivity index (χ0) is 11.8. The van der Waals surface area contributed by atoms with Crippen LogP contribution < -0.4 is 10.1 Å². The summed E-state index contributed by atoms with van der Waals surface area (Å²) in [6.45, 7) is 1.99. The zero-order valence-corrected chi connectivity index (χ0v) is 9.36. The maximum absolute atomic E-state index is 12.0. The first-order valence-corrected chi connectivity index (χ1v) is 5.43. The Morgan fingerprint density at radius 2 is 1.88 bits per heavy atom. The second-order valence-electron chi connectivity index (χ2n) is 4.05. The summed E-state index contributed by atoms with van der Waals surface area (Å²) in [7, 11) is 0. The molecular formula is C14H11NO2. The lowest BCUT2D eigenvalue weighted by molar-refractivity contribution is 0.102. The number of ether oxygens (including phenoxy) is 1. The molecule has 3 nitrogen and oxygen atoms in total. The highest BCUT2D eigenvalue weighted by Crippen LogP contribution is 2.35. The van der Waals surface area contributed by atoms with E-state index in [0.29, 0.717) is 22.7 Å². The molecule has 0 saturated heterocycles. The van der Waals surface area contributed by atoms with Crippen LogP contribution in [0.25, 0.3) is 0 Å². The van der Waals surface area contributed by atoms with E-state index < -0.39 is 0 Å². The number of para-hydroxylation sites is 1. The van der Waals surface area contributed by atoms with Gasteiger partial charge in [0.05, 0.1) is 11.3 Å². The van der Waals surface area contributed by atoms with Crippen LogP contribution in [0.4, 0.5) is 5.69 Å². The molecule has 0 atom stereocenters. The van der Waals surface area contributed by atoms with Gasteiger partial charge in [-0.3, -0.25) is 4.79 Å². The minimum absolute atomic E-state index is 0.136. The van der Waals surface area contributed by atoms with E-state index in [1.165, 1.54) is 0 Å². The first-order valence-electron chi connectivity index (χ1n) is 5.43. The summed E-state index contributed by atoms with van der Waals surface area (Å²) in [6, 6.07) is 12.9. The quantitative estimate of drug-likeness (QED) is 0.746. The minimum Gasteiger partial charge on any atom is -0.454 e. The average Bonchev–Trinajstić information content (AvgIpc) is 2.46. The first kappa shape index (κ1) is 9.90. The number of anilines is 1. The molecule has 1 aliphatic heterocycles. The number of amides is 1. The summed E-state index contributed by atoms with van der Waals surface area (Å²) >= 11 is 0. The molecule has 2 aromatic rings. The molecule has 3 heteroatoms. The predicted molar refractivity (Wildman–Crippen MR) is 65.6 cm³/mol. The monoisotopic (exact) mass is 225 g/mol. The van der Waals surface area contributed by atoms with Crippen molar-refractivity contribution in [1.82, 2.24) is 0 Å². The maximum atomic E-state index is 12.0. The molecule has 0 bridgehead atoms. The molecule has 0 aromatic heterocycles. The van der Waals surface area contributed by atoms with E-state index in [1.807, 2.05) is 37.3 Å². The lowest BCUT2D eigenvalue weighted by Crippen LogP contribution is -2.10. The van der Waals surface area contributed by atoms with Crippen molar-refractivity contribution in [2.45, 2.75) is 6.92 Å². The van der Waals surface area contributed by atoms with Gasteiger partial charge < -0.3 is 10.1 Å². The van der Waals surface area contributed by atoms with E-state index in [2.05, 4.69) is 5.32 Å². The number of carbonyl (C=O) groups is 1. The summed E-state index contributed by atoms with van der Waals surface area (Å²) in [5.41, 5.74) is 2.36. The zero-order valence-electron chi connectivity index (χ0n) is 9.36. The van der Waals surface area contributed by atoms with E-state index >= 15 is 0 Å². The van der Waals surface area contributed by atoms with Gasteiger partial charge in [-0.25, -0.2) is 0 Å². The van der Waals surface area contributed by atoms with E-state index in [1.54, 1.807) is 12.1 Å². The summed E-state index contributed by atoms with van der Waals surface area (Å²) in [6.07, 6.45) is 0. The fourth-order valence-electron chi connectivity index (χ4n) is 1.87. The van der Waals surface area contributed by atoms with Crippen LogP contribution in [-0.4, -0.2) is 5.91 Å². The summed E-state index contributed by atoms with van der Waals surface area (Å²) in [5, 5.41) is 2.84. The Hall–Kier alpha value is -2.29. The Kier molecular flexibility index (Phi) is 2.11. The maximum Gasteiger partial charge on any atom is 0.259 e. The van der Waals surface area contributed by atoms with Gasteiger partial charge in [-0.1, -0.05) is 18.2 Å². The fraction of sp³-hybridized carbons (Fsp3) is 0.0714. The van der Waals surface area contributed by atoms with Crippen molar-refractivity contribution in [1.29, 1.82) is 0 Å². The molecule has 0 unspecified atom stereocenters. The van der Waals surface area contributed by atoms with Gasteiger partial charge in [0.2, 0.25) is 0 Å². The highest BCUT2D eigenvalue weighted by Gasteiger charge is 2.19. The second-order valence-corrected chi connectivity index (χ2v) is 4.05. The molecule has 0 radical (unpaired) electrons. The molecule has 1 aliphatic rings. The molecule has 0 fully saturated rings. The smallest absolute Gasteiger partial charge is 0.259 e. The van der Waals surface area contributed by atoms with Gasteiger partial charge in [-0.2, -0.15) is 0 Å². The van der Waals surface area contributed by atoms with Crippen molar-refractivity contribution >= 4 is 11.6 Å². The molecule has 84 valence electrons. The third-order valence-corrected chi connectivity index (χ3v) is 2.74. The van der Waals surface area contributed by atoms with Crippen molar-refractivity contribution in [2.75, 3.05) is 5.32 Å². The number of hydrogen-bond donors (Lipinski definition) is 1. The van der Waals surface area contributed by atoms with E-state index in [4.69, 9.17) is 4.74 Å². The van der Waals surface area contributed by atoms with Crippen LogP contribution >= 0.6 is 0 Å². The third kappa shape index (κ3) is 1.65. The van der Waals surface area contributed by atoms with Gasteiger partial charge in [-0.15, -0.1) is 0 Å². The third-order valence-electron chi connectivity index (χ3n) is 2.74. The number of aryl methyl sites for hydroxylation is 1. The van der Waals surface area contributed by atoms with Gasteiger partial charge in [0, 0.05) is 0 Å². The van der Waals surface area contributed by atoms with Crippen LogP contribution in [0.2, 0.25) is 0 Å². The number of nitrogens with one attached hydrogen (secondary N) is 1. The van der Waals surface area contributed by atoms with E-state index in [-0.39, 0.29) is 5.91 Å². The number of rotatable bonds is 0. The fourth-order valence-corrected chi connectivity index (χ4v) is 1.87. The molecule has 2 aromatic carbocycles. The molecule has 1 N–H and O–H groups in total. The molecule has 17 heavy (non-hydrogen) atoms. The van der Waals surface area contributed by atoms with Gasteiger partial charge in [0.15, 0.2) is 5.75 Å². The summed E-state index contributed by atoms with van der Waals surface area (Å²) in [4.78, 5) is 12.0. The van der Waals surface area contributed by atoms with Crippen LogP contribution in [0.1, 0.15) is 15.9 Å². The Bertz CT molecular complexity index is 605. The standard InChI is InChI=1S/C14H11NO2/c1-9-6-7-11-13(8-9)17-12-5-3-2-4-10(12)14(16)15-11/h2-8H,1H3,(H,15,16). The molecule has 0 saturated carbocycles. The van der Waals surface area contributed by atoms with Crippen molar-refractivity contribution < 1.29 is 9.53 Å². The predicted octanol–water partition coefficient (Wildman–Crippen LogP) is 3.35. The van der Waals surface area contributed by atoms with Gasteiger partial charge in [-0.05, 0) is 36.8 Å². The van der Waals surface area contributed by atoms with E-state index in [9.17, 15) is 4.79 Å². The Balaban J connectivity index is 2.18. The number of hydrogen-bond acceptors (Lipinski definition) is 2. The summed E-state index contributed by atoms with van der Waals surface area (Å²) < 4.78 is 5.77. The van der Waals surface area contributed by atoms with Crippen LogP contribution in [0.15, 0.2) is 42.5 Å². The lowest BCUT2D eigenvalue weighted by Gasteiger charge is -2.07. The number of benzene rings is 2. The van der Waals surface area contributed by atoms with Gasteiger partial charge in [0.1, 0.15) is 5.75 Å². The summed E-state index contributed by atoms with van der Waals surface area (Å²) in [5.74, 6) is 1.14. The van der Waals surface area contributed by atoms with Gasteiger partial charge in [0.25, 0.3) is 5.91 Å². The lowest BCUT2D eigenvalue weighted by atomic mass is 10.2. The van der Waals surface area contributed by atoms with Crippen LogP contribution in [0, 0.1) is 6.92 Å². The normalized spacial score (nSPS) is 12.9. The highest BCUT2D eigenvalue weighted by atomic mass is 16.5. The topological polar surface area (TPSA) is 38.3 Å². The second kappa shape index (κ2) is 3.63. The molecule has 0 aliphatic carbocycles. The van der Waals surface area contributed by atoms with Crippen LogP contribution in [-0.2, 0) is 0 Å². The Labute approximate surface area is 99.0 Å². The van der Waals surface area contributed by atoms with E-state index in [0.717, 1.165) is 5.56 Å². The van der Waals surface area contributed by atoms with Crippen molar-refractivity contribution in [3.05, 3.63) is 53.6 Å². The van der Waals surface area contributed by atoms with Crippen LogP contribution in [0.3, 0.4) is 0 Å². The molecular weight excluding hydrogens is 214 g/mol. The van der Waals surface area contributed by atoms with Gasteiger partial charge >= 0.3 is 0 Å². The first-order chi connectivity index (χ1) is 8.24. The number of carbonyl (C=O) groups excluding carboxylic acids is 1. The largest absolute Gasteiger partial charge is 0.454 e. The SMILES string of the molecule is Cc1ccc2c(c1)Oc1ccccc1C(=O)N2. The van der Waals surface area contributed by atoms with Crippen molar-refractivity contribution in [3.8, 4) is 11.5 Å². The Morgan fingerprint density at radius 1 is 1.06 bits per heavy atom. The number of fused-ring (bicyclic) bond motifs is 2. The highest BCUT2D eigenvalue weighted by molar-refractivity contribution is 6.07. The van der Waals surface area contributed by atoms with Crippen LogP contribution in [0.5, 0.6) is 11.5 Å². The molecule has 1 heterocycles. The average molecular weight is 225 g/mol. The van der Waals surface area contributed by atoms with Crippen molar-refractivity contribution in [2.24, 2.45) is 0 Å². The van der Waals surface area contributed by atoms with Crippen molar-refractivity contribution in [3.63, 3.8) is 0 Å².